The molecule has 88 valence electrons. The van der Waals surface area contributed by atoms with Crippen LogP contribution in [-0.4, -0.2) is 18.7 Å². The molecule has 0 saturated heterocycles. The second kappa shape index (κ2) is 4.92. The van der Waals surface area contributed by atoms with E-state index in [0.717, 1.165) is 11.3 Å². The third kappa shape index (κ3) is 2.26. The van der Waals surface area contributed by atoms with Crippen LogP contribution < -0.4 is 4.74 Å². The van der Waals surface area contributed by atoms with Gasteiger partial charge in [-0.2, -0.15) is 0 Å². The van der Waals surface area contributed by atoms with Gasteiger partial charge in [-0.1, -0.05) is 24.1 Å². The minimum atomic E-state index is -0.378. The van der Waals surface area contributed by atoms with Crippen molar-refractivity contribution in [2.24, 2.45) is 0 Å². The number of carbonyl (C=O) groups is 1. The minimum absolute atomic E-state index is 0.102. The highest BCUT2D eigenvalue weighted by molar-refractivity contribution is 5.71. The van der Waals surface area contributed by atoms with Gasteiger partial charge in [-0.15, -0.1) is 6.42 Å². The Morgan fingerprint density at radius 3 is 3.00 bits per heavy atom. The van der Waals surface area contributed by atoms with Gasteiger partial charge in [-0.05, 0) is 13.0 Å². The summed E-state index contributed by atoms with van der Waals surface area (Å²) in [5, 5.41) is 0. The van der Waals surface area contributed by atoms with Crippen LogP contribution in [0.25, 0.3) is 0 Å². The summed E-state index contributed by atoms with van der Waals surface area (Å²) >= 11 is 0. The van der Waals surface area contributed by atoms with Gasteiger partial charge in [0, 0.05) is 11.5 Å². The molecule has 1 aliphatic heterocycles. The molecule has 0 saturated carbocycles. The Kier molecular flexibility index (Phi) is 3.34. The predicted molar refractivity (Wildman–Crippen MR) is 63.7 cm³/mol. The normalized spacial score (nSPS) is 21.2. The maximum absolute atomic E-state index is 11.5. The topological polar surface area (TPSA) is 35.5 Å². The number of benzene rings is 1. The smallest absolute Gasteiger partial charge is 0.306 e. The van der Waals surface area contributed by atoms with E-state index in [0.29, 0.717) is 6.61 Å². The Morgan fingerprint density at radius 2 is 2.29 bits per heavy atom. The molecule has 0 amide bonds. The molecule has 0 radical (unpaired) electrons. The number of terminal acetylenes is 1. The summed E-state index contributed by atoms with van der Waals surface area (Å²) in [6.45, 7) is 2.17. The van der Waals surface area contributed by atoms with Crippen molar-refractivity contribution in [1.29, 1.82) is 0 Å². The quantitative estimate of drug-likeness (QED) is 0.589. The van der Waals surface area contributed by atoms with Crippen molar-refractivity contribution in [3.63, 3.8) is 0 Å². The van der Waals surface area contributed by atoms with Crippen molar-refractivity contribution in [1.82, 2.24) is 0 Å². The first-order valence-electron chi connectivity index (χ1n) is 5.63. The molecule has 1 heterocycles. The molecule has 0 bridgehead atoms. The van der Waals surface area contributed by atoms with E-state index in [1.807, 2.05) is 24.3 Å². The molecular formula is C14H14O3. The zero-order chi connectivity index (χ0) is 12.3. The fourth-order valence-electron chi connectivity index (χ4n) is 2.04. The predicted octanol–water partition coefficient (Wildman–Crippen LogP) is 2.12. The highest BCUT2D eigenvalue weighted by Crippen LogP contribution is 2.39. The van der Waals surface area contributed by atoms with Crippen LogP contribution in [0.5, 0.6) is 5.75 Å². The van der Waals surface area contributed by atoms with Crippen molar-refractivity contribution >= 4 is 5.97 Å². The van der Waals surface area contributed by atoms with Gasteiger partial charge in [-0.25, -0.2) is 0 Å². The highest BCUT2D eigenvalue weighted by atomic mass is 16.5. The van der Waals surface area contributed by atoms with E-state index < -0.39 is 0 Å². The van der Waals surface area contributed by atoms with Gasteiger partial charge in [0.15, 0.2) is 6.10 Å². The van der Waals surface area contributed by atoms with E-state index >= 15 is 0 Å². The summed E-state index contributed by atoms with van der Waals surface area (Å²) in [7, 11) is 0. The largest absolute Gasteiger partial charge is 0.477 e. The lowest BCUT2D eigenvalue weighted by molar-refractivity contribution is -0.143. The molecule has 3 heteroatoms. The van der Waals surface area contributed by atoms with E-state index in [1.54, 1.807) is 6.92 Å². The Hall–Kier alpha value is -1.95. The van der Waals surface area contributed by atoms with E-state index in [2.05, 4.69) is 5.92 Å². The fraction of sp³-hybridized carbons (Fsp3) is 0.357. The second-order valence-electron chi connectivity index (χ2n) is 3.86. The molecule has 2 rings (SSSR count). The number of hydrogen-bond acceptors (Lipinski definition) is 3. The van der Waals surface area contributed by atoms with Crippen molar-refractivity contribution in [2.45, 2.75) is 25.4 Å². The number of hydrogen-bond donors (Lipinski definition) is 0. The number of para-hydroxylation sites is 1. The summed E-state index contributed by atoms with van der Waals surface area (Å²) in [4.78, 5) is 11.5. The lowest BCUT2D eigenvalue weighted by atomic mass is 9.92. The molecule has 2 unspecified atom stereocenters. The van der Waals surface area contributed by atoms with Gasteiger partial charge < -0.3 is 9.47 Å². The molecule has 0 aliphatic carbocycles. The molecule has 1 aliphatic rings. The van der Waals surface area contributed by atoms with E-state index in [9.17, 15) is 4.79 Å². The van der Waals surface area contributed by atoms with Gasteiger partial charge in [0.05, 0.1) is 13.0 Å². The zero-order valence-electron chi connectivity index (χ0n) is 9.68. The maximum atomic E-state index is 11.5. The van der Waals surface area contributed by atoms with Gasteiger partial charge in [0.1, 0.15) is 5.75 Å². The van der Waals surface area contributed by atoms with E-state index in [4.69, 9.17) is 15.9 Å². The van der Waals surface area contributed by atoms with Crippen LogP contribution in [0.4, 0.5) is 0 Å². The second-order valence-corrected chi connectivity index (χ2v) is 3.86. The van der Waals surface area contributed by atoms with Gasteiger partial charge in [0.2, 0.25) is 0 Å². The number of carbonyl (C=O) groups excluding carboxylic acids is 1. The Bertz CT molecular complexity index is 459. The summed E-state index contributed by atoms with van der Waals surface area (Å²) in [6, 6.07) is 7.61. The average molecular weight is 230 g/mol. The van der Waals surface area contributed by atoms with Gasteiger partial charge >= 0.3 is 5.97 Å². The van der Waals surface area contributed by atoms with Crippen LogP contribution >= 0.6 is 0 Å². The molecule has 3 nitrogen and oxygen atoms in total. The zero-order valence-corrected chi connectivity index (χ0v) is 9.68. The Labute approximate surface area is 101 Å². The minimum Gasteiger partial charge on any atom is -0.477 e. The number of rotatable bonds is 3. The molecule has 0 aromatic heterocycles. The maximum Gasteiger partial charge on any atom is 0.306 e. The molecule has 0 fully saturated rings. The highest BCUT2D eigenvalue weighted by Gasteiger charge is 2.34. The molecule has 0 spiro atoms. The van der Waals surface area contributed by atoms with Crippen LogP contribution in [0.2, 0.25) is 0 Å². The van der Waals surface area contributed by atoms with Crippen LogP contribution in [-0.2, 0) is 9.53 Å². The van der Waals surface area contributed by atoms with E-state index in [1.165, 1.54) is 0 Å². The van der Waals surface area contributed by atoms with Crippen LogP contribution in [0.1, 0.15) is 24.8 Å². The van der Waals surface area contributed by atoms with Crippen LogP contribution in [0.15, 0.2) is 24.3 Å². The standard InChI is InChI=1S/C14H14O3/c1-3-12-11(9-14(15)16-4-2)10-7-5-6-8-13(10)17-12/h1,5-8,11-12H,4,9H2,2H3. The Balaban J connectivity index is 2.19. The molecule has 2 atom stereocenters. The molecule has 1 aromatic rings. The third-order valence-corrected chi connectivity index (χ3v) is 2.79. The summed E-state index contributed by atoms with van der Waals surface area (Å²) < 4.78 is 10.6. The number of ether oxygens (including phenoxy) is 2. The lowest BCUT2D eigenvalue weighted by Crippen LogP contribution is -2.20. The first kappa shape index (κ1) is 11.5. The summed E-state index contributed by atoms with van der Waals surface area (Å²) in [5.41, 5.74) is 0.989. The summed E-state index contributed by atoms with van der Waals surface area (Å²) in [5.74, 6) is 3.01. The van der Waals surface area contributed by atoms with Crippen molar-refractivity contribution < 1.29 is 14.3 Å². The van der Waals surface area contributed by atoms with Gasteiger partial charge in [0.25, 0.3) is 0 Å². The van der Waals surface area contributed by atoms with Crippen molar-refractivity contribution in [3.05, 3.63) is 29.8 Å². The first-order valence-corrected chi connectivity index (χ1v) is 5.63. The third-order valence-electron chi connectivity index (χ3n) is 2.79. The van der Waals surface area contributed by atoms with E-state index in [-0.39, 0.29) is 24.4 Å². The molecule has 0 N–H and O–H groups in total. The van der Waals surface area contributed by atoms with Crippen LogP contribution in [0, 0.1) is 12.3 Å². The molecular weight excluding hydrogens is 216 g/mol. The molecule has 1 aromatic carbocycles. The number of fused-ring (bicyclic) bond motifs is 1. The monoisotopic (exact) mass is 230 g/mol. The lowest BCUT2D eigenvalue weighted by Gasteiger charge is -2.12. The summed E-state index contributed by atoms with van der Waals surface area (Å²) in [6.07, 6.45) is 5.31. The molecule has 17 heavy (non-hydrogen) atoms. The van der Waals surface area contributed by atoms with Crippen LogP contribution in [0.3, 0.4) is 0 Å². The SMILES string of the molecule is C#CC1Oc2ccccc2C1CC(=O)OCC. The van der Waals surface area contributed by atoms with Crippen molar-refractivity contribution in [2.75, 3.05) is 6.61 Å². The number of esters is 1. The fourth-order valence-corrected chi connectivity index (χ4v) is 2.04. The first-order chi connectivity index (χ1) is 8.26. The Morgan fingerprint density at radius 1 is 1.53 bits per heavy atom. The van der Waals surface area contributed by atoms with Gasteiger partial charge in [-0.3, -0.25) is 4.79 Å². The average Bonchev–Trinajstić information content (AvgIpc) is 2.68. The van der Waals surface area contributed by atoms with Crippen molar-refractivity contribution in [3.8, 4) is 18.1 Å².